The molecule has 2 N–H and O–H groups in total. The highest BCUT2D eigenvalue weighted by Gasteiger charge is 2.23. The van der Waals surface area contributed by atoms with Crippen molar-refractivity contribution in [3.63, 3.8) is 0 Å². The lowest BCUT2D eigenvalue weighted by atomic mass is 10.3. The van der Waals surface area contributed by atoms with Crippen LogP contribution < -0.4 is 4.72 Å². The Morgan fingerprint density at radius 2 is 1.77 bits per heavy atom. The lowest BCUT2D eigenvalue weighted by molar-refractivity contribution is 0.322. The molecular weight excluding hydrogens is 384 g/mol. The van der Waals surface area contributed by atoms with Gasteiger partial charge in [0.1, 0.15) is 21.6 Å². The normalized spacial score (nSPS) is 11.7. The van der Waals surface area contributed by atoms with Crippen LogP contribution in [-0.4, -0.2) is 35.9 Å². The Morgan fingerprint density at radius 3 is 2.46 bits per heavy atom. The van der Waals surface area contributed by atoms with Crippen LogP contribution in [0.2, 0.25) is 0 Å². The molecule has 2 aromatic carbocycles. The molecule has 26 heavy (non-hydrogen) atoms. The van der Waals surface area contributed by atoms with Gasteiger partial charge >= 0.3 is 0 Å². The van der Waals surface area contributed by atoms with Crippen molar-refractivity contribution in [1.29, 1.82) is 0 Å². The molecule has 10 heteroatoms. The fourth-order valence-electron chi connectivity index (χ4n) is 2.16. The van der Waals surface area contributed by atoms with E-state index in [4.69, 9.17) is 5.11 Å². The van der Waals surface area contributed by atoms with Gasteiger partial charge in [-0.3, -0.25) is 4.72 Å². The molecule has 0 amide bonds. The maximum atomic E-state index is 13.9. The molecule has 0 spiro atoms. The van der Waals surface area contributed by atoms with E-state index in [1.807, 2.05) is 0 Å². The second-order valence-corrected chi connectivity index (χ2v) is 7.85. The minimum atomic E-state index is -4.43. The Kier molecular flexibility index (Phi) is 5.35. The molecule has 0 saturated carbocycles. The number of thioether (sulfide) groups is 1. The SMILES string of the molecule is O=S(=O)(Nc1nc2ccccc2nc1SCCO)c1cc(F)ccc1F. The third-order valence-corrected chi connectivity index (χ3v) is 5.58. The number of nitrogens with zero attached hydrogens (tertiary/aromatic N) is 2. The molecule has 0 bridgehead atoms. The highest BCUT2D eigenvalue weighted by Crippen LogP contribution is 2.28. The van der Waals surface area contributed by atoms with Gasteiger partial charge in [0, 0.05) is 5.75 Å². The molecule has 0 aliphatic heterocycles. The number of aromatic nitrogens is 2. The number of rotatable bonds is 6. The number of sulfonamides is 1. The molecule has 3 rings (SSSR count). The van der Waals surface area contributed by atoms with E-state index in [0.29, 0.717) is 17.1 Å². The van der Waals surface area contributed by atoms with Gasteiger partial charge in [-0.05, 0) is 30.3 Å². The second kappa shape index (κ2) is 7.52. The first-order chi connectivity index (χ1) is 12.4. The minimum Gasteiger partial charge on any atom is -0.396 e. The molecule has 0 radical (unpaired) electrons. The average Bonchev–Trinajstić information content (AvgIpc) is 2.61. The van der Waals surface area contributed by atoms with Crippen LogP contribution in [0.25, 0.3) is 11.0 Å². The number of benzene rings is 2. The number of hydrogen-bond acceptors (Lipinski definition) is 6. The molecule has 1 heterocycles. The lowest BCUT2D eigenvalue weighted by Crippen LogP contribution is -2.17. The van der Waals surface area contributed by atoms with Crippen LogP contribution in [-0.2, 0) is 10.0 Å². The van der Waals surface area contributed by atoms with Gasteiger partial charge in [-0.15, -0.1) is 11.8 Å². The van der Waals surface area contributed by atoms with Crippen molar-refractivity contribution in [3.8, 4) is 0 Å². The van der Waals surface area contributed by atoms with Gasteiger partial charge in [0.05, 0.1) is 17.6 Å². The molecule has 0 aliphatic rings. The molecule has 1 aromatic heterocycles. The lowest BCUT2D eigenvalue weighted by Gasteiger charge is -2.12. The van der Waals surface area contributed by atoms with Crippen molar-refractivity contribution in [2.45, 2.75) is 9.92 Å². The fourth-order valence-corrected chi connectivity index (χ4v) is 4.00. The van der Waals surface area contributed by atoms with E-state index in [0.717, 1.165) is 23.9 Å². The first kappa shape index (κ1) is 18.5. The summed E-state index contributed by atoms with van der Waals surface area (Å²) in [6.45, 7) is -0.149. The second-order valence-electron chi connectivity index (χ2n) is 5.12. The van der Waals surface area contributed by atoms with E-state index >= 15 is 0 Å². The monoisotopic (exact) mass is 397 g/mol. The van der Waals surface area contributed by atoms with Crippen molar-refractivity contribution < 1.29 is 22.3 Å². The highest BCUT2D eigenvalue weighted by molar-refractivity contribution is 7.99. The molecule has 0 saturated heterocycles. The number of hydrogen-bond donors (Lipinski definition) is 2. The van der Waals surface area contributed by atoms with Gasteiger partial charge in [0.15, 0.2) is 5.82 Å². The Bertz CT molecular complexity index is 1060. The van der Waals surface area contributed by atoms with Crippen LogP contribution in [0.1, 0.15) is 0 Å². The summed E-state index contributed by atoms with van der Waals surface area (Å²) in [7, 11) is -4.43. The van der Waals surface area contributed by atoms with E-state index in [-0.39, 0.29) is 23.2 Å². The minimum absolute atomic E-state index is 0.120. The Hall–Kier alpha value is -2.30. The summed E-state index contributed by atoms with van der Waals surface area (Å²) in [6.07, 6.45) is 0. The van der Waals surface area contributed by atoms with Crippen LogP contribution in [0.5, 0.6) is 0 Å². The van der Waals surface area contributed by atoms with Gasteiger partial charge < -0.3 is 5.11 Å². The van der Waals surface area contributed by atoms with E-state index in [9.17, 15) is 17.2 Å². The quantitative estimate of drug-likeness (QED) is 0.622. The Balaban J connectivity index is 2.07. The largest absolute Gasteiger partial charge is 0.396 e. The summed E-state index contributed by atoms with van der Waals surface area (Å²) in [5.41, 5.74) is 0.964. The van der Waals surface area contributed by atoms with Gasteiger partial charge in [0.2, 0.25) is 0 Å². The summed E-state index contributed by atoms with van der Waals surface area (Å²) in [6, 6.07) is 8.96. The third-order valence-electron chi connectivity index (χ3n) is 3.28. The molecule has 3 aromatic rings. The van der Waals surface area contributed by atoms with Crippen LogP contribution in [0, 0.1) is 11.6 Å². The molecule has 136 valence electrons. The molecule has 0 atom stereocenters. The predicted molar refractivity (Wildman–Crippen MR) is 94.5 cm³/mol. The standard InChI is InChI=1S/C16H13F2N3O3S2/c17-10-5-6-11(18)14(9-10)26(23,24)21-15-16(25-8-7-22)20-13-4-2-1-3-12(13)19-15/h1-6,9,22H,7-8H2,(H,19,21). The molecule has 0 aliphatic carbocycles. The zero-order valence-corrected chi connectivity index (χ0v) is 14.8. The summed E-state index contributed by atoms with van der Waals surface area (Å²) >= 11 is 1.09. The number of aliphatic hydroxyl groups excluding tert-OH is 1. The fraction of sp³-hybridized carbons (Fsp3) is 0.125. The maximum Gasteiger partial charge on any atom is 0.266 e. The predicted octanol–water partition coefficient (Wildman–Crippen LogP) is 2.79. The van der Waals surface area contributed by atoms with Crippen LogP contribution in [0.15, 0.2) is 52.4 Å². The van der Waals surface area contributed by atoms with Crippen molar-refractivity contribution in [2.24, 2.45) is 0 Å². The number of fused-ring (bicyclic) bond motifs is 1. The van der Waals surface area contributed by atoms with E-state index in [1.165, 1.54) is 0 Å². The number of anilines is 1. The van der Waals surface area contributed by atoms with E-state index in [1.54, 1.807) is 24.3 Å². The Labute approximate surface area is 152 Å². The van der Waals surface area contributed by atoms with E-state index in [2.05, 4.69) is 14.7 Å². The Morgan fingerprint density at radius 1 is 1.08 bits per heavy atom. The number of halogens is 2. The summed E-state index contributed by atoms with van der Waals surface area (Å²) < 4.78 is 54.4. The van der Waals surface area contributed by atoms with Gasteiger partial charge in [0.25, 0.3) is 10.0 Å². The summed E-state index contributed by atoms with van der Waals surface area (Å²) in [5, 5.41) is 9.23. The number of aliphatic hydroxyl groups is 1. The first-order valence-electron chi connectivity index (χ1n) is 7.39. The van der Waals surface area contributed by atoms with Crippen molar-refractivity contribution in [1.82, 2.24) is 9.97 Å². The zero-order valence-electron chi connectivity index (χ0n) is 13.2. The zero-order chi connectivity index (χ0) is 18.7. The highest BCUT2D eigenvalue weighted by atomic mass is 32.2. The average molecular weight is 397 g/mol. The van der Waals surface area contributed by atoms with Gasteiger partial charge in [-0.25, -0.2) is 27.2 Å². The number of nitrogens with one attached hydrogen (secondary N) is 1. The van der Waals surface area contributed by atoms with Crippen LogP contribution in [0.3, 0.4) is 0 Å². The molecule has 0 unspecified atom stereocenters. The smallest absolute Gasteiger partial charge is 0.266 e. The van der Waals surface area contributed by atoms with Crippen molar-refractivity contribution in [3.05, 3.63) is 54.1 Å². The van der Waals surface area contributed by atoms with Crippen molar-refractivity contribution in [2.75, 3.05) is 17.1 Å². The first-order valence-corrected chi connectivity index (χ1v) is 9.86. The topological polar surface area (TPSA) is 92.2 Å². The molecular formula is C16H13F2N3O3S2. The van der Waals surface area contributed by atoms with Gasteiger partial charge in [-0.1, -0.05) is 12.1 Å². The third kappa shape index (κ3) is 3.92. The van der Waals surface area contributed by atoms with Crippen LogP contribution in [0.4, 0.5) is 14.6 Å². The summed E-state index contributed by atoms with van der Waals surface area (Å²) in [4.78, 5) is 7.72. The van der Waals surface area contributed by atoms with Crippen molar-refractivity contribution >= 4 is 38.6 Å². The van der Waals surface area contributed by atoms with Crippen LogP contribution >= 0.6 is 11.8 Å². The number of para-hydroxylation sites is 2. The molecule has 0 fully saturated rings. The maximum absolute atomic E-state index is 13.9. The van der Waals surface area contributed by atoms with Gasteiger partial charge in [-0.2, -0.15) is 0 Å². The molecule has 6 nitrogen and oxygen atoms in total. The summed E-state index contributed by atoms with van der Waals surface area (Å²) in [5.74, 6) is -1.83. The van der Waals surface area contributed by atoms with E-state index < -0.39 is 26.6 Å².